The van der Waals surface area contributed by atoms with E-state index in [1.54, 1.807) is 0 Å². The van der Waals surface area contributed by atoms with E-state index in [0.717, 1.165) is 20.1 Å². The van der Waals surface area contributed by atoms with Crippen LogP contribution in [0.2, 0.25) is 0 Å². The SMILES string of the molecule is NC(=O)NN=Cc1cc(OCc2cccc(Br)c2)ccc1Br. The third-order valence-electron chi connectivity index (χ3n) is 2.64. The highest BCUT2D eigenvalue weighted by atomic mass is 79.9. The first-order valence-corrected chi connectivity index (χ1v) is 7.88. The first kappa shape index (κ1) is 16.5. The fourth-order valence-corrected chi connectivity index (χ4v) is 2.47. The van der Waals surface area contributed by atoms with Gasteiger partial charge in [-0.15, -0.1) is 0 Å². The summed E-state index contributed by atoms with van der Waals surface area (Å²) in [6, 6.07) is 12.7. The van der Waals surface area contributed by atoms with E-state index >= 15 is 0 Å². The van der Waals surface area contributed by atoms with Gasteiger partial charge in [-0.3, -0.25) is 0 Å². The van der Waals surface area contributed by atoms with Crippen LogP contribution in [-0.2, 0) is 6.61 Å². The number of amides is 2. The third kappa shape index (κ3) is 5.16. The zero-order valence-corrected chi connectivity index (χ0v) is 14.6. The molecule has 7 heteroatoms. The van der Waals surface area contributed by atoms with Gasteiger partial charge in [0.25, 0.3) is 0 Å². The first-order valence-electron chi connectivity index (χ1n) is 6.30. The molecular formula is C15H13Br2N3O2. The van der Waals surface area contributed by atoms with E-state index in [-0.39, 0.29) is 0 Å². The summed E-state index contributed by atoms with van der Waals surface area (Å²) in [7, 11) is 0. The number of nitrogens with zero attached hydrogens (tertiary/aromatic N) is 1. The molecule has 22 heavy (non-hydrogen) atoms. The van der Waals surface area contributed by atoms with Crippen molar-refractivity contribution in [1.29, 1.82) is 0 Å². The van der Waals surface area contributed by atoms with E-state index in [2.05, 4.69) is 42.4 Å². The van der Waals surface area contributed by atoms with Gasteiger partial charge in [-0.05, 0) is 35.9 Å². The van der Waals surface area contributed by atoms with Gasteiger partial charge in [0.1, 0.15) is 12.4 Å². The summed E-state index contributed by atoms with van der Waals surface area (Å²) in [5.74, 6) is 0.698. The van der Waals surface area contributed by atoms with Crippen LogP contribution in [0.15, 0.2) is 56.5 Å². The van der Waals surface area contributed by atoms with Crippen molar-refractivity contribution in [1.82, 2.24) is 5.43 Å². The highest BCUT2D eigenvalue weighted by molar-refractivity contribution is 9.10. The van der Waals surface area contributed by atoms with E-state index in [4.69, 9.17) is 10.5 Å². The normalized spacial score (nSPS) is 10.6. The monoisotopic (exact) mass is 425 g/mol. The number of benzene rings is 2. The second-order valence-corrected chi connectivity index (χ2v) is 6.11. The predicted octanol–water partition coefficient (Wildman–Crippen LogP) is 3.79. The Bertz CT molecular complexity index is 705. The minimum absolute atomic E-state index is 0.456. The van der Waals surface area contributed by atoms with Gasteiger partial charge in [-0.2, -0.15) is 5.10 Å². The van der Waals surface area contributed by atoms with E-state index in [9.17, 15) is 4.79 Å². The third-order valence-corrected chi connectivity index (χ3v) is 3.86. The van der Waals surface area contributed by atoms with Gasteiger partial charge in [-0.1, -0.05) is 44.0 Å². The summed E-state index contributed by atoms with van der Waals surface area (Å²) in [5.41, 5.74) is 8.91. The van der Waals surface area contributed by atoms with Gasteiger partial charge in [0.05, 0.1) is 6.21 Å². The maximum absolute atomic E-state index is 10.6. The molecule has 0 aliphatic heterocycles. The average Bonchev–Trinajstić information content (AvgIpc) is 2.47. The Morgan fingerprint density at radius 1 is 1.27 bits per heavy atom. The number of halogens is 2. The van der Waals surface area contributed by atoms with Gasteiger partial charge in [0.15, 0.2) is 0 Å². The fraction of sp³-hybridized carbons (Fsp3) is 0.0667. The number of hydrazone groups is 1. The summed E-state index contributed by atoms with van der Waals surface area (Å²) in [6.45, 7) is 0.456. The van der Waals surface area contributed by atoms with Crippen molar-refractivity contribution in [3.63, 3.8) is 0 Å². The van der Waals surface area contributed by atoms with Gasteiger partial charge >= 0.3 is 6.03 Å². The quantitative estimate of drug-likeness (QED) is 0.563. The number of carbonyl (C=O) groups is 1. The molecule has 0 heterocycles. The summed E-state index contributed by atoms with van der Waals surface area (Å²) < 4.78 is 7.59. The number of nitrogens with one attached hydrogen (secondary N) is 1. The molecule has 0 atom stereocenters. The van der Waals surface area contributed by atoms with Crippen LogP contribution in [0.1, 0.15) is 11.1 Å². The van der Waals surface area contributed by atoms with Crippen molar-refractivity contribution in [3.05, 3.63) is 62.5 Å². The largest absolute Gasteiger partial charge is 0.489 e. The standard InChI is InChI=1S/C15H13Br2N3O2/c16-12-3-1-2-10(6-12)9-22-13-4-5-14(17)11(7-13)8-19-20-15(18)21/h1-8H,9H2,(H3,18,20,21). The lowest BCUT2D eigenvalue weighted by Gasteiger charge is -2.08. The molecule has 0 aromatic heterocycles. The van der Waals surface area contributed by atoms with Crippen molar-refractivity contribution in [3.8, 4) is 5.75 Å². The molecule has 0 bridgehead atoms. The van der Waals surface area contributed by atoms with Crippen molar-refractivity contribution in [2.75, 3.05) is 0 Å². The molecule has 0 spiro atoms. The summed E-state index contributed by atoms with van der Waals surface area (Å²) >= 11 is 6.83. The maximum Gasteiger partial charge on any atom is 0.332 e. The van der Waals surface area contributed by atoms with Crippen LogP contribution in [0.25, 0.3) is 0 Å². The molecule has 3 N–H and O–H groups in total. The van der Waals surface area contributed by atoms with Crippen LogP contribution in [0.4, 0.5) is 4.79 Å². The topological polar surface area (TPSA) is 76.7 Å². The minimum Gasteiger partial charge on any atom is -0.489 e. The molecule has 0 saturated carbocycles. The van der Waals surface area contributed by atoms with Crippen LogP contribution in [0.5, 0.6) is 5.75 Å². The highest BCUT2D eigenvalue weighted by Crippen LogP contribution is 2.22. The van der Waals surface area contributed by atoms with Crippen LogP contribution < -0.4 is 15.9 Å². The predicted molar refractivity (Wildman–Crippen MR) is 92.9 cm³/mol. The molecule has 5 nitrogen and oxygen atoms in total. The molecule has 0 fully saturated rings. The number of hydrogen-bond acceptors (Lipinski definition) is 3. The van der Waals surface area contributed by atoms with Gasteiger partial charge in [0, 0.05) is 14.5 Å². The Hall–Kier alpha value is -1.86. The summed E-state index contributed by atoms with van der Waals surface area (Å²) in [4.78, 5) is 10.6. The number of urea groups is 1. The summed E-state index contributed by atoms with van der Waals surface area (Å²) in [6.07, 6.45) is 1.49. The lowest BCUT2D eigenvalue weighted by molar-refractivity contribution is 0.249. The van der Waals surface area contributed by atoms with Crippen molar-refractivity contribution >= 4 is 44.1 Å². The number of ether oxygens (including phenoxy) is 1. The first-order chi connectivity index (χ1) is 10.5. The second kappa shape index (κ2) is 7.95. The van der Waals surface area contributed by atoms with Gasteiger partial charge in [-0.25, -0.2) is 10.2 Å². The molecule has 0 aliphatic rings. The van der Waals surface area contributed by atoms with Crippen molar-refractivity contribution in [2.24, 2.45) is 10.8 Å². The van der Waals surface area contributed by atoms with E-state index in [1.807, 2.05) is 42.5 Å². The summed E-state index contributed by atoms with van der Waals surface area (Å²) in [5, 5.41) is 3.73. The van der Waals surface area contributed by atoms with Crippen LogP contribution >= 0.6 is 31.9 Å². The molecule has 2 amide bonds. The Labute approximate surface area is 144 Å². The van der Waals surface area contributed by atoms with Crippen LogP contribution in [-0.4, -0.2) is 12.2 Å². The number of hydrogen-bond donors (Lipinski definition) is 2. The lowest BCUT2D eigenvalue weighted by Crippen LogP contribution is -2.24. The molecule has 0 unspecified atom stereocenters. The Balaban J connectivity index is 2.05. The molecule has 2 rings (SSSR count). The smallest absolute Gasteiger partial charge is 0.332 e. The lowest BCUT2D eigenvalue weighted by atomic mass is 10.2. The fourth-order valence-electron chi connectivity index (χ4n) is 1.67. The van der Waals surface area contributed by atoms with Crippen molar-refractivity contribution < 1.29 is 9.53 Å². The second-order valence-electron chi connectivity index (χ2n) is 4.34. The zero-order chi connectivity index (χ0) is 15.9. The Kier molecular flexibility index (Phi) is 5.97. The number of rotatable bonds is 5. The maximum atomic E-state index is 10.6. The molecular weight excluding hydrogens is 414 g/mol. The van der Waals surface area contributed by atoms with Crippen LogP contribution in [0.3, 0.4) is 0 Å². The molecule has 0 radical (unpaired) electrons. The van der Waals surface area contributed by atoms with Crippen molar-refractivity contribution in [2.45, 2.75) is 6.61 Å². The zero-order valence-electron chi connectivity index (χ0n) is 11.4. The Morgan fingerprint density at radius 3 is 2.82 bits per heavy atom. The number of nitrogens with two attached hydrogens (primary N) is 1. The van der Waals surface area contributed by atoms with Gasteiger partial charge < -0.3 is 10.5 Å². The molecule has 2 aromatic carbocycles. The molecule has 0 aliphatic carbocycles. The van der Waals surface area contributed by atoms with E-state index in [0.29, 0.717) is 12.4 Å². The highest BCUT2D eigenvalue weighted by Gasteiger charge is 2.02. The molecule has 114 valence electrons. The van der Waals surface area contributed by atoms with Gasteiger partial charge in [0.2, 0.25) is 0 Å². The number of carbonyl (C=O) groups excluding carboxylic acids is 1. The number of primary amides is 1. The molecule has 2 aromatic rings. The Morgan fingerprint density at radius 2 is 2.09 bits per heavy atom. The molecule has 0 saturated heterocycles. The minimum atomic E-state index is -0.713. The average molecular weight is 427 g/mol. The van der Waals surface area contributed by atoms with Crippen LogP contribution in [0, 0.1) is 0 Å². The van der Waals surface area contributed by atoms with E-state index < -0.39 is 6.03 Å². The van der Waals surface area contributed by atoms with E-state index in [1.165, 1.54) is 6.21 Å².